The largest absolute Gasteiger partial charge is 0.491 e. The number of fused-ring (bicyclic) bond motifs is 1. The Balaban J connectivity index is 1.51. The molecule has 0 aromatic heterocycles. The van der Waals surface area contributed by atoms with Crippen molar-refractivity contribution in [2.75, 3.05) is 26.4 Å². The van der Waals surface area contributed by atoms with Crippen LogP contribution >= 0.6 is 0 Å². The zero-order valence-corrected chi connectivity index (χ0v) is 13.3. The van der Waals surface area contributed by atoms with Crippen molar-refractivity contribution >= 4 is 0 Å². The molecule has 4 heteroatoms. The van der Waals surface area contributed by atoms with E-state index in [-0.39, 0.29) is 17.8 Å². The highest BCUT2D eigenvalue weighted by atomic mass is 16.6. The summed E-state index contributed by atoms with van der Waals surface area (Å²) < 4.78 is 22.8. The van der Waals surface area contributed by atoms with E-state index in [1.54, 1.807) is 0 Å². The van der Waals surface area contributed by atoms with E-state index in [1.165, 1.54) is 5.57 Å². The first-order valence-electron chi connectivity index (χ1n) is 8.25. The van der Waals surface area contributed by atoms with Gasteiger partial charge in [0.15, 0.2) is 0 Å². The first kappa shape index (κ1) is 14.5. The molecule has 0 spiro atoms. The summed E-state index contributed by atoms with van der Waals surface area (Å²) in [5.41, 5.74) is 0.982. The van der Waals surface area contributed by atoms with Crippen LogP contribution < -0.4 is 0 Å². The predicted octanol–water partition coefficient (Wildman–Crippen LogP) is 2.61. The van der Waals surface area contributed by atoms with Gasteiger partial charge in [0, 0.05) is 11.5 Å². The minimum atomic E-state index is -0.283. The SMILES string of the molecule is CC1CC=C(OCC2CO2)C2=CC=CC(C)(OCC3CO3)C21. The maximum Gasteiger partial charge on any atom is 0.119 e. The lowest BCUT2D eigenvalue weighted by Gasteiger charge is -2.44. The van der Waals surface area contributed by atoms with E-state index in [0.29, 0.717) is 25.0 Å². The zero-order chi connectivity index (χ0) is 15.2. The molecule has 120 valence electrons. The van der Waals surface area contributed by atoms with E-state index in [4.69, 9.17) is 18.9 Å². The Bertz CT molecular complexity index is 527. The van der Waals surface area contributed by atoms with Crippen LogP contribution in [0.3, 0.4) is 0 Å². The van der Waals surface area contributed by atoms with E-state index < -0.39 is 0 Å². The lowest BCUT2D eigenvalue weighted by atomic mass is 9.68. The van der Waals surface area contributed by atoms with E-state index in [2.05, 4.69) is 38.2 Å². The fourth-order valence-electron chi connectivity index (χ4n) is 3.58. The van der Waals surface area contributed by atoms with E-state index in [1.807, 2.05) is 0 Å². The molecule has 0 aromatic rings. The summed E-state index contributed by atoms with van der Waals surface area (Å²) in [7, 11) is 0. The Kier molecular flexibility index (Phi) is 3.63. The fourth-order valence-corrected chi connectivity index (χ4v) is 3.58. The van der Waals surface area contributed by atoms with E-state index >= 15 is 0 Å². The van der Waals surface area contributed by atoms with E-state index in [9.17, 15) is 0 Å². The Morgan fingerprint density at radius 3 is 2.68 bits per heavy atom. The second-order valence-electron chi connectivity index (χ2n) is 6.96. The van der Waals surface area contributed by atoms with Crippen LogP contribution in [0.15, 0.2) is 35.6 Å². The van der Waals surface area contributed by atoms with Gasteiger partial charge in [-0.25, -0.2) is 0 Å². The van der Waals surface area contributed by atoms with Gasteiger partial charge in [-0.15, -0.1) is 0 Å². The molecule has 0 saturated carbocycles. The molecule has 2 aliphatic heterocycles. The second kappa shape index (κ2) is 5.52. The van der Waals surface area contributed by atoms with Crippen LogP contribution in [0.1, 0.15) is 20.3 Å². The highest BCUT2D eigenvalue weighted by Gasteiger charge is 2.44. The van der Waals surface area contributed by atoms with Crippen LogP contribution in [0.4, 0.5) is 0 Å². The van der Waals surface area contributed by atoms with Gasteiger partial charge in [0.05, 0.1) is 25.4 Å². The highest BCUT2D eigenvalue weighted by Crippen LogP contribution is 2.46. The molecule has 22 heavy (non-hydrogen) atoms. The molecule has 0 amide bonds. The Morgan fingerprint density at radius 1 is 1.23 bits per heavy atom. The fraction of sp³-hybridized carbons (Fsp3) is 0.667. The van der Waals surface area contributed by atoms with Crippen LogP contribution in [0, 0.1) is 11.8 Å². The summed E-state index contributed by atoms with van der Waals surface area (Å²) in [6.45, 7) is 7.47. The molecule has 5 atom stereocenters. The summed E-state index contributed by atoms with van der Waals surface area (Å²) in [5.74, 6) is 1.88. The molecular formula is C18H24O4. The van der Waals surface area contributed by atoms with Crippen molar-refractivity contribution in [1.82, 2.24) is 0 Å². The molecule has 4 nitrogen and oxygen atoms in total. The average molecular weight is 304 g/mol. The molecular weight excluding hydrogens is 280 g/mol. The summed E-state index contributed by atoms with van der Waals surface area (Å²) in [6.07, 6.45) is 10.3. The highest BCUT2D eigenvalue weighted by molar-refractivity contribution is 5.42. The quantitative estimate of drug-likeness (QED) is 0.708. The van der Waals surface area contributed by atoms with Gasteiger partial charge in [-0.1, -0.05) is 25.2 Å². The van der Waals surface area contributed by atoms with Gasteiger partial charge >= 0.3 is 0 Å². The van der Waals surface area contributed by atoms with Crippen LogP contribution in [0.2, 0.25) is 0 Å². The van der Waals surface area contributed by atoms with Gasteiger partial charge in [-0.3, -0.25) is 0 Å². The minimum Gasteiger partial charge on any atom is -0.491 e. The van der Waals surface area contributed by atoms with Gasteiger partial charge in [0.25, 0.3) is 0 Å². The topological polar surface area (TPSA) is 43.5 Å². The number of hydrogen-bond acceptors (Lipinski definition) is 4. The molecule has 4 aliphatic rings. The number of allylic oxidation sites excluding steroid dienone is 4. The average Bonchev–Trinajstić information content (AvgIpc) is 3.38. The molecule has 0 radical (unpaired) electrons. The summed E-state index contributed by atoms with van der Waals surface area (Å²) in [6, 6.07) is 0. The molecule has 0 N–H and O–H groups in total. The first-order valence-corrected chi connectivity index (χ1v) is 8.25. The van der Waals surface area contributed by atoms with Crippen molar-refractivity contribution in [2.24, 2.45) is 11.8 Å². The lowest BCUT2D eigenvalue weighted by Crippen LogP contribution is -2.44. The van der Waals surface area contributed by atoms with Crippen LogP contribution in [-0.4, -0.2) is 44.2 Å². The van der Waals surface area contributed by atoms with Crippen molar-refractivity contribution in [3.63, 3.8) is 0 Å². The first-order chi connectivity index (χ1) is 10.7. The van der Waals surface area contributed by atoms with Crippen LogP contribution in [-0.2, 0) is 18.9 Å². The lowest BCUT2D eigenvalue weighted by molar-refractivity contribution is -0.0508. The van der Waals surface area contributed by atoms with Gasteiger partial charge in [-0.2, -0.15) is 0 Å². The molecule has 2 heterocycles. The summed E-state index contributed by atoms with van der Waals surface area (Å²) in [5, 5.41) is 0. The van der Waals surface area contributed by atoms with Crippen molar-refractivity contribution in [3.05, 3.63) is 35.6 Å². The zero-order valence-electron chi connectivity index (χ0n) is 13.3. The Hall–Kier alpha value is -1.10. The van der Waals surface area contributed by atoms with Gasteiger partial charge in [0.2, 0.25) is 0 Å². The molecule has 2 fully saturated rings. The van der Waals surface area contributed by atoms with E-state index in [0.717, 1.165) is 25.4 Å². The third-order valence-electron chi connectivity index (χ3n) is 4.99. The van der Waals surface area contributed by atoms with Crippen LogP contribution in [0.25, 0.3) is 0 Å². The minimum absolute atomic E-state index is 0.283. The molecule has 0 bridgehead atoms. The monoisotopic (exact) mass is 304 g/mol. The van der Waals surface area contributed by atoms with Crippen molar-refractivity contribution in [2.45, 2.75) is 38.1 Å². The van der Waals surface area contributed by atoms with Crippen molar-refractivity contribution in [3.8, 4) is 0 Å². The number of hydrogen-bond donors (Lipinski definition) is 0. The predicted molar refractivity (Wildman–Crippen MR) is 82.4 cm³/mol. The molecule has 5 unspecified atom stereocenters. The van der Waals surface area contributed by atoms with Gasteiger partial charge < -0.3 is 18.9 Å². The van der Waals surface area contributed by atoms with Crippen molar-refractivity contribution in [1.29, 1.82) is 0 Å². The maximum atomic E-state index is 6.26. The van der Waals surface area contributed by atoms with Gasteiger partial charge in [0.1, 0.15) is 24.6 Å². The number of rotatable bonds is 6. The Labute approximate surface area is 131 Å². The smallest absolute Gasteiger partial charge is 0.119 e. The molecule has 2 aliphatic carbocycles. The van der Waals surface area contributed by atoms with Gasteiger partial charge in [-0.05, 0) is 25.3 Å². The summed E-state index contributed by atoms with van der Waals surface area (Å²) >= 11 is 0. The molecule has 4 rings (SSSR count). The number of ether oxygens (including phenoxy) is 4. The Morgan fingerprint density at radius 2 is 1.95 bits per heavy atom. The third-order valence-corrected chi connectivity index (χ3v) is 4.99. The summed E-state index contributed by atoms with van der Waals surface area (Å²) in [4.78, 5) is 0. The number of epoxide rings is 2. The second-order valence-corrected chi connectivity index (χ2v) is 6.96. The third kappa shape index (κ3) is 2.87. The molecule has 0 aromatic carbocycles. The maximum absolute atomic E-state index is 6.26. The van der Waals surface area contributed by atoms with Crippen molar-refractivity contribution < 1.29 is 18.9 Å². The molecule has 2 saturated heterocycles. The van der Waals surface area contributed by atoms with Crippen LogP contribution in [0.5, 0.6) is 0 Å². The standard InChI is InChI=1S/C18H24O4/c1-12-5-6-16(21-10-13-8-19-13)15-4-3-7-18(2,17(12)15)22-11-14-9-20-14/h3-4,6-7,12-14,17H,5,8-11H2,1-2H3. The normalized spacial score (nSPS) is 42.3.